The molecule has 2 rings (SSSR count). The molecule has 1 amide bonds. The summed E-state index contributed by atoms with van der Waals surface area (Å²) in [5, 5.41) is 14.1. The molecule has 0 radical (unpaired) electrons. The maximum atomic E-state index is 12.6. The largest absolute Gasteiger partial charge is 0.370 e. The van der Waals surface area contributed by atoms with Crippen LogP contribution in [0.15, 0.2) is 12.3 Å². The second-order valence-corrected chi connectivity index (χ2v) is 6.02. The quantitative estimate of drug-likeness (QED) is 0.679. The lowest BCUT2D eigenvalue weighted by atomic mass is 9.93. The molecule has 2 heterocycles. The second kappa shape index (κ2) is 5.67. The van der Waals surface area contributed by atoms with Crippen molar-refractivity contribution < 1.29 is 9.72 Å². The molecule has 1 aromatic rings. The Hall–Kier alpha value is -2.18. The number of anilines is 1. The molecule has 1 aliphatic rings. The van der Waals surface area contributed by atoms with Gasteiger partial charge in [0.2, 0.25) is 0 Å². The van der Waals surface area contributed by atoms with Crippen LogP contribution in [0.25, 0.3) is 0 Å². The highest BCUT2D eigenvalue weighted by Crippen LogP contribution is 2.31. The summed E-state index contributed by atoms with van der Waals surface area (Å²) in [5.41, 5.74) is -0.0860. The van der Waals surface area contributed by atoms with Gasteiger partial charge in [0.1, 0.15) is 17.6 Å². The molecule has 0 aliphatic carbocycles. The first-order chi connectivity index (χ1) is 9.84. The van der Waals surface area contributed by atoms with Crippen molar-refractivity contribution in [3.8, 4) is 0 Å². The van der Waals surface area contributed by atoms with Crippen molar-refractivity contribution in [3.63, 3.8) is 0 Å². The maximum absolute atomic E-state index is 12.6. The van der Waals surface area contributed by atoms with Gasteiger partial charge in [-0.2, -0.15) is 0 Å². The van der Waals surface area contributed by atoms with E-state index in [1.54, 1.807) is 4.90 Å². The fraction of sp³-hybridized carbons (Fsp3) is 0.571. The SMILES string of the molecule is CCNc1cc(C(=O)N2CCC(C)(C)C2)c([N+](=O)[O-])cn1. The maximum Gasteiger partial charge on any atom is 0.300 e. The molecule has 1 N–H and O–H groups in total. The molecule has 0 unspecified atom stereocenters. The first kappa shape index (κ1) is 15.2. The molecule has 0 atom stereocenters. The van der Waals surface area contributed by atoms with Crippen LogP contribution < -0.4 is 5.32 Å². The van der Waals surface area contributed by atoms with Gasteiger partial charge in [-0.25, -0.2) is 4.98 Å². The van der Waals surface area contributed by atoms with Crippen molar-refractivity contribution in [2.75, 3.05) is 25.0 Å². The smallest absolute Gasteiger partial charge is 0.300 e. The Balaban J connectivity index is 2.34. The average Bonchev–Trinajstić information content (AvgIpc) is 2.78. The van der Waals surface area contributed by atoms with E-state index < -0.39 is 4.92 Å². The van der Waals surface area contributed by atoms with Gasteiger partial charge in [0, 0.05) is 25.7 Å². The number of nitrogens with one attached hydrogen (secondary N) is 1. The number of hydrogen-bond acceptors (Lipinski definition) is 5. The van der Waals surface area contributed by atoms with Gasteiger partial charge in [0.05, 0.1) is 4.92 Å². The Kier molecular flexibility index (Phi) is 4.11. The van der Waals surface area contributed by atoms with E-state index in [9.17, 15) is 14.9 Å². The number of amides is 1. The third kappa shape index (κ3) is 3.29. The number of carbonyl (C=O) groups excluding carboxylic acids is 1. The Labute approximate surface area is 123 Å². The van der Waals surface area contributed by atoms with E-state index in [1.165, 1.54) is 6.07 Å². The van der Waals surface area contributed by atoms with E-state index in [2.05, 4.69) is 24.1 Å². The fourth-order valence-corrected chi connectivity index (χ4v) is 2.50. The summed E-state index contributed by atoms with van der Waals surface area (Å²) in [6.07, 6.45) is 2.05. The van der Waals surface area contributed by atoms with Crippen molar-refractivity contribution in [3.05, 3.63) is 27.9 Å². The van der Waals surface area contributed by atoms with Crippen LogP contribution in [-0.4, -0.2) is 40.3 Å². The molecule has 21 heavy (non-hydrogen) atoms. The summed E-state index contributed by atoms with van der Waals surface area (Å²) in [7, 11) is 0. The predicted octanol–water partition coefficient (Wildman–Crippen LogP) is 2.29. The van der Waals surface area contributed by atoms with Gasteiger partial charge >= 0.3 is 0 Å². The number of rotatable bonds is 4. The minimum Gasteiger partial charge on any atom is -0.370 e. The van der Waals surface area contributed by atoms with Crippen LogP contribution in [0, 0.1) is 15.5 Å². The molecular formula is C14H20N4O3. The molecule has 0 saturated carbocycles. The lowest BCUT2D eigenvalue weighted by molar-refractivity contribution is -0.385. The van der Waals surface area contributed by atoms with Gasteiger partial charge in [-0.15, -0.1) is 0 Å². The average molecular weight is 292 g/mol. The molecule has 0 aromatic carbocycles. The first-order valence-corrected chi connectivity index (χ1v) is 7.01. The van der Waals surface area contributed by atoms with Crippen LogP contribution in [-0.2, 0) is 0 Å². The molecule has 114 valence electrons. The standard InChI is InChI=1S/C14H20N4O3/c1-4-15-12-7-10(11(8-16-12)18(20)21)13(19)17-6-5-14(2,3)9-17/h7-8H,4-6,9H2,1-3H3,(H,15,16). The van der Waals surface area contributed by atoms with Crippen molar-refractivity contribution in [1.82, 2.24) is 9.88 Å². The number of pyridine rings is 1. The highest BCUT2D eigenvalue weighted by molar-refractivity contribution is 5.98. The zero-order chi connectivity index (χ0) is 15.6. The van der Waals surface area contributed by atoms with Crippen LogP contribution in [0.5, 0.6) is 0 Å². The molecule has 7 heteroatoms. The molecule has 0 bridgehead atoms. The van der Waals surface area contributed by atoms with Gasteiger partial charge < -0.3 is 10.2 Å². The molecule has 1 aromatic heterocycles. The summed E-state index contributed by atoms with van der Waals surface area (Å²) in [6, 6.07) is 1.47. The lowest BCUT2D eigenvalue weighted by Gasteiger charge is -2.20. The zero-order valence-corrected chi connectivity index (χ0v) is 12.5. The minimum atomic E-state index is -0.558. The van der Waals surface area contributed by atoms with Gasteiger partial charge in [-0.05, 0) is 18.8 Å². The summed E-state index contributed by atoms with van der Waals surface area (Å²) >= 11 is 0. The number of likely N-dealkylation sites (tertiary alicyclic amines) is 1. The lowest BCUT2D eigenvalue weighted by Crippen LogP contribution is -2.30. The van der Waals surface area contributed by atoms with Crippen LogP contribution in [0.4, 0.5) is 11.5 Å². The molecule has 0 spiro atoms. The number of nitrogens with zero attached hydrogens (tertiary/aromatic N) is 3. The first-order valence-electron chi connectivity index (χ1n) is 7.01. The normalized spacial score (nSPS) is 16.8. The molecule has 7 nitrogen and oxygen atoms in total. The zero-order valence-electron chi connectivity index (χ0n) is 12.5. The van der Waals surface area contributed by atoms with Crippen molar-refractivity contribution >= 4 is 17.4 Å². The third-order valence-electron chi connectivity index (χ3n) is 3.63. The summed E-state index contributed by atoms with van der Waals surface area (Å²) in [5.74, 6) is 0.179. The third-order valence-corrected chi connectivity index (χ3v) is 3.63. The molecule has 1 aliphatic heterocycles. The van der Waals surface area contributed by atoms with Crippen LogP contribution in [0.1, 0.15) is 37.6 Å². The molecular weight excluding hydrogens is 272 g/mol. The van der Waals surface area contributed by atoms with E-state index in [0.29, 0.717) is 25.5 Å². The number of carbonyl (C=O) groups is 1. The number of nitro groups is 1. The fourth-order valence-electron chi connectivity index (χ4n) is 2.50. The van der Waals surface area contributed by atoms with Gasteiger partial charge in [0.25, 0.3) is 11.6 Å². The van der Waals surface area contributed by atoms with Crippen molar-refractivity contribution in [2.24, 2.45) is 5.41 Å². The Morgan fingerprint density at radius 2 is 2.29 bits per heavy atom. The van der Waals surface area contributed by atoms with E-state index >= 15 is 0 Å². The summed E-state index contributed by atoms with van der Waals surface area (Å²) in [4.78, 5) is 28.8. The van der Waals surface area contributed by atoms with Crippen molar-refractivity contribution in [1.29, 1.82) is 0 Å². The van der Waals surface area contributed by atoms with E-state index in [-0.39, 0.29) is 22.6 Å². The van der Waals surface area contributed by atoms with Crippen molar-refractivity contribution in [2.45, 2.75) is 27.2 Å². The second-order valence-electron chi connectivity index (χ2n) is 6.02. The van der Waals surface area contributed by atoms with Gasteiger partial charge in [-0.1, -0.05) is 13.8 Å². The summed E-state index contributed by atoms with van der Waals surface area (Å²) < 4.78 is 0. The Morgan fingerprint density at radius 1 is 1.57 bits per heavy atom. The van der Waals surface area contributed by atoms with Gasteiger partial charge in [-0.3, -0.25) is 14.9 Å². The Morgan fingerprint density at radius 3 is 2.81 bits per heavy atom. The van der Waals surface area contributed by atoms with Crippen LogP contribution in [0.3, 0.4) is 0 Å². The molecule has 1 saturated heterocycles. The number of hydrogen-bond donors (Lipinski definition) is 1. The Bertz CT molecular complexity index is 571. The predicted molar refractivity (Wildman–Crippen MR) is 79.4 cm³/mol. The highest BCUT2D eigenvalue weighted by atomic mass is 16.6. The van der Waals surface area contributed by atoms with Crippen LogP contribution in [0.2, 0.25) is 0 Å². The summed E-state index contributed by atoms with van der Waals surface area (Å²) in [6.45, 7) is 7.95. The monoisotopic (exact) mass is 292 g/mol. The van der Waals surface area contributed by atoms with E-state index in [0.717, 1.165) is 12.6 Å². The van der Waals surface area contributed by atoms with Crippen LogP contribution >= 0.6 is 0 Å². The molecule has 1 fully saturated rings. The number of aromatic nitrogens is 1. The topological polar surface area (TPSA) is 88.4 Å². The highest BCUT2D eigenvalue weighted by Gasteiger charge is 2.35. The van der Waals surface area contributed by atoms with E-state index in [1.807, 2.05) is 6.92 Å². The minimum absolute atomic E-state index is 0.0575. The van der Waals surface area contributed by atoms with Gasteiger partial charge in [0.15, 0.2) is 0 Å². The van der Waals surface area contributed by atoms with E-state index in [4.69, 9.17) is 0 Å².